The van der Waals surface area contributed by atoms with Crippen molar-refractivity contribution in [2.45, 2.75) is 25.0 Å². The summed E-state index contributed by atoms with van der Waals surface area (Å²) in [5.74, 6) is -1.86. The Kier molecular flexibility index (Phi) is 6.66. The second kappa shape index (κ2) is 7.51. The van der Waals surface area contributed by atoms with Crippen LogP contribution in [0.3, 0.4) is 0 Å². The summed E-state index contributed by atoms with van der Waals surface area (Å²) in [6, 6.07) is 6.00. The molecular formula is C15H14F3NaO3S. The van der Waals surface area contributed by atoms with E-state index < -0.39 is 22.7 Å². The van der Waals surface area contributed by atoms with Crippen LogP contribution in [0.5, 0.6) is 5.75 Å². The quantitative estimate of drug-likeness (QED) is 0.707. The Morgan fingerprint density at radius 1 is 1.35 bits per heavy atom. The summed E-state index contributed by atoms with van der Waals surface area (Å²) in [6.07, 6.45) is -3.92. The summed E-state index contributed by atoms with van der Waals surface area (Å²) in [5.41, 5.74) is -0.629. The van der Waals surface area contributed by atoms with Gasteiger partial charge in [-0.25, -0.2) is 0 Å². The van der Waals surface area contributed by atoms with Gasteiger partial charge in [0.05, 0.1) is 5.97 Å². The molecule has 1 aliphatic heterocycles. The summed E-state index contributed by atoms with van der Waals surface area (Å²) >= 11 is 0.424. The van der Waals surface area contributed by atoms with Crippen LogP contribution in [0, 0.1) is 5.92 Å². The number of rotatable bonds is 4. The number of para-hydroxylation sites is 1. The molecule has 0 saturated carbocycles. The molecule has 0 saturated heterocycles. The third kappa shape index (κ3) is 4.07. The largest absolute Gasteiger partial charge is 1.00 e. The number of ether oxygens (including phenoxy) is 1. The monoisotopic (exact) mass is 354 g/mol. The maximum atomic E-state index is 13.7. The summed E-state index contributed by atoms with van der Waals surface area (Å²) < 4.78 is 46.2. The smallest absolute Gasteiger partial charge is 0.545 e. The zero-order valence-electron chi connectivity index (χ0n) is 12.9. The predicted octanol–water partition coefficient (Wildman–Crippen LogP) is -0.136. The molecule has 0 N–H and O–H groups in total. The van der Waals surface area contributed by atoms with Gasteiger partial charge in [-0.05, 0) is 18.1 Å². The summed E-state index contributed by atoms with van der Waals surface area (Å²) in [5, 5.41) is 11.3. The number of benzene rings is 1. The molecule has 0 spiro atoms. The van der Waals surface area contributed by atoms with E-state index in [0.29, 0.717) is 11.8 Å². The average Bonchev–Trinajstić information content (AvgIpc) is 2.42. The first-order valence-electron chi connectivity index (χ1n) is 6.59. The molecule has 1 heterocycles. The summed E-state index contributed by atoms with van der Waals surface area (Å²) in [6.45, 7) is 3.49. The fourth-order valence-corrected chi connectivity index (χ4v) is 3.21. The zero-order chi connectivity index (χ0) is 16.5. The van der Waals surface area contributed by atoms with Gasteiger partial charge in [-0.15, -0.1) is 11.8 Å². The molecule has 0 aromatic heterocycles. The van der Waals surface area contributed by atoms with Gasteiger partial charge in [-0.2, -0.15) is 13.2 Å². The molecule has 0 amide bonds. The fraction of sp³-hybridized carbons (Fsp3) is 0.400. The number of aliphatic carboxylic acids is 1. The molecule has 23 heavy (non-hydrogen) atoms. The van der Waals surface area contributed by atoms with Gasteiger partial charge >= 0.3 is 35.7 Å². The van der Waals surface area contributed by atoms with Gasteiger partial charge < -0.3 is 14.6 Å². The molecule has 0 radical (unpaired) electrons. The first kappa shape index (κ1) is 20.4. The van der Waals surface area contributed by atoms with E-state index in [2.05, 4.69) is 0 Å². The van der Waals surface area contributed by atoms with Crippen LogP contribution in [0.4, 0.5) is 13.2 Å². The van der Waals surface area contributed by atoms with Crippen molar-refractivity contribution in [3.05, 3.63) is 35.4 Å². The Balaban J connectivity index is 0.00000264. The average molecular weight is 354 g/mol. The molecule has 8 heteroatoms. The van der Waals surface area contributed by atoms with E-state index in [1.165, 1.54) is 18.2 Å². The van der Waals surface area contributed by atoms with Gasteiger partial charge in [-0.1, -0.05) is 32.0 Å². The van der Waals surface area contributed by atoms with E-state index in [4.69, 9.17) is 4.74 Å². The first-order chi connectivity index (χ1) is 10.2. The van der Waals surface area contributed by atoms with Crippen molar-refractivity contribution in [2.24, 2.45) is 5.92 Å². The minimum absolute atomic E-state index is 0. The number of hydrogen-bond acceptors (Lipinski definition) is 4. The van der Waals surface area contributed by atoms with Gasteiger partial charge in [0.25, 0.3) is 4.93 Å². The van der Waals surface area contributed by atoms with Crippen molar-refractivity contribution in [1.29, 1.82) is 0 Å². The number of halogens is 3. The van der Waals surface area contributed by atoms with Crippen molar-refractivity contribution in [2.75, 3.05) is 5.75 Å². The molecule has 1 aromatic carbocycles. The number of thioether (sulfide) groups is 1. The van der Waals surface area contributed by atoms with Gasteiger partial charge in [0.15, 0.2) is 0 Å². The third-order valence-electron chi connectivity index (χ3n) is 3.04. The number of carboxylic acids is 1. The van der Waals surface area contributed by atoms with E-state index in [1.54, 1.807) is 19.9 Å². The van der Waals surface area contributed by atoms with Gasteiger partial charge in [0, 0.05) is 16.9 Å². The number of carbonyl (C=O) groups excluding carboxylic acids is 1. The van der Waals surface area contributed by atoms with Crippen molar-refractivity contribution in [3.8, 4) is 5.75 Å². The number of fused-ring (bicyclic) bond motifs is 1. The normalized spacial score (nSPS) is 20.2. The van der Waals surface area contributed by atoms with Gasteiger partial charge in [0.2, 0.25) is 0 Å². The van der Waals surface area contributed by atoms with Crippen LogP contribution in [0.1, 0.15) is 19.4 Å². The van der Waals surface area contributed by atoms with Crippen LogP contribution >= 0.6 is 11.8 Å². The molecule has 1 aromatic rings. The van der Waals surface area contributed by atoms with Crippen LogP contribution in [-0.2, 0) is 4.79 Å². The van der Waals surface area contributed by atoms with Crippen molar-refractivity contribution in [3.63, 3.8) is 0 Å². The SMILES string of the molecule is CC(C)CSC1(C(F)(F)F)Oc2ccccc2C=C1C(=O)[O-].[Na+]. The molecule has 1 atom stereocenters. The van der Waals surface area contributed by atoms with Crippen LogP contribution < -0.4 is 39.4 Å². The third-order valence-corrected chi connectivity index (χ3v) is 4.81. The maximum Gasteiger partial charge on any atom is 1.00 e. The summed E-state index contributed by atoms with van der Waals surface area (Å²) in [7, 11) is 0. The van der Waals surface area contributed by atoms with Crippen molar-refractivity contribution in [1.82, 2.24) is 0 Å². The number of hydrogen-bond donors (Lipinski definition) is 0. The van der Waals surface area contributed by atoms with Crippen LogP contribution in [0.25, 0.3) is 6.08 Å². The molecule has 120 valence electrons. The first-order valence-corrected chi connectivity index (χ1v) is 7.58. The minimum Gasteiger partial charge on any atom is -0.545 e. The van der Waals surface area contributed by atoms with Crippen LogP contribution in [-0.4, -0.2) is 22.8 Å². The molecule has 1 unspecified atom stereocenters. The van der Waals surface area contributed by atoms with Crippen LogP contribution in [0.15, 0.2) is 29.8 Å². The van der Waals surface area contributed by atoms with Crippen molar-refractivity contribution < 1.29 is 57.4 Å². The number of carboxylic acid groups (broad SMARTS) is 1. The van der Waals surface area contributed by atoms with E-state index in [-0.39, 0.29) is 52.5 Å². The second-order valence-corrected chi connectivity index (χ2v) is 6.50. The molecule has 0 aliphatic carbocycles. The van der Waals surface area contributed by atoms with E-state index in [0.717, 1.165) is 6.08 Å². The number of alkyl halides is 3. The Hall–Kier alpha value is -0.630. The zero-order valence-corrected chi connectivity index (χ0v) is 15.8. The Morgan fingerprint density at radius 3 is 2.48 bits per heavy atom. The van der Waals surface area contributed by atoms with E-state index in [9.17, 15) is 23.1 Å². The molecule has 1 aliphatic rings. The number of carbonyl (C=O) groups is 1. The maximum absolute atomic E-state index is 13.7. The van der Waals surface area contributed by atoms with Crippen LogP contribution in [0.2, 0.25) is 0 Å². The van der Waals surface area contributed by atoms with Crippen molar-refractivity contribution >= 4 is 23.8 Å². The standard InChI is InChI=1S/C15H15F3O3S.Na/c1-9(2)8-22-14(15(16,17)18)11(13(19)20)7-10-5-3-4-6-12(10)21-14;/h3-7,9H,8H2,1-2H3,(H,19,20);/q;+1/p-1. The molecule has 2 rings (SSSR count). The summed E-state index contributed by atoms with van der Waals surface area (Å²) in [4.78, 5) is 8.34. The van der Waals surface area contributed by atoms with Gasteiger partial charge in [-0.3, -0.25) is 0 Å². The van der Waals surface area contributed by atoms with E-state index in [1.807, 2.05) is 0 Å². The predicted molar refractivity (Wildman–Crippen MR) is 76.1 cm³/mol. The Bertz CT molecular complexity index is 616. The van der Waals surface area contributed by atoms with Gasteiger partial charge in [0.1, 0.15) is 5.75 Å². The molecule has 3 nitrogen and oxygen atoms in total. The minimum atomic E-state index is -4.90. The second-order valence-electron chi connectivity index (χ2n) is 5.30. The fourth-order valence-electron chi connectivity index (χ4n) is 2.03. The topological polar surface area (TPSA) is 49.4 Å². The molecular weight excluding hydrogens is 340 g/mol. The Labute approximate surface area is 158 Å². The Morgan fingerprint density at radius 2 is 1.96 bits per heavy atom. The molecule has 0 fully saturated rings. The molecule has 0 bridgehead atoms. The van der Waals surface area contributed by atoms with E-state index >= 15 is 0 Å².